The van der Waals surface area contributed by atoms with Gasteiger partial charge in [0.05, 0.1) is 18.1 Å². The molecule has 114 valence electrons. The Morgan fingerprint density at radius 2 is 2.24 bits per heavy atom. The van der Waals surface area contributed by atoms with Gasteiger partial charge in [0.1, 0.15) is 12.4 Å². The Balaban J connectivity index is 1.92. The highest BCUT2D eigenvalue weighted by Gasteiger charge is 2.11. The summed E-state index contributed by atoms with van der Waals surface area (Å²) in [6.07, 6.45) is 3.43. The Morgan fingerprint density at radius 3 is 2.95 bits per heavy atom. The SMILES string of the molecule is CCNCc1cn(CC(=O)Nc2ccnn2C(C)C)nn1. The van der Waals surface area contributed by atoms with Crippen molar-refractivity contribution in [3.8, 4) is 0 Å². The highest BCUT2D eigenvalue weighted by atomic mass is 16.2. The predicted octanol–water partition coefficient (Wildman–Crippen LogP) is 0.804. The molecule has 2 N–H and O–H groups in total. The maximum Gasteiger partial charge on any atom is 0.247 e. The number of carbonyl (C=O) groups is 1. The highest BCUT2D eigenvalue weighted by Crippen LogP contribution is 2.12. The molecule has 0 aliphatic heterocycles. The molecule has 0 unspecified atom stereocenters. The van der Waals surface area contributed by atoms with Gasteiger partial charge in [0, 0.05) is 18.7 Å². The summed E-state index contributed by atoms with van der Waals surface area (Å²) in [7, 11) is 0. The van der Waals surface area contributed by atoms with E-state index in [1.165, 1.54) is 4.68 Å². The Hall–Kier alpha value is -2.22. The molecular formula is C13H21N7O. The summed E-state index contributed by atoms with van der Waals surface area (Å²) in [6, 6.07) is 1.96. The van der Waals surface area contributed by atoms with Gasteiger partial charge in [0.2, 0.25) is 5.91 Å². The molecule has 8 nitrogen and oxygen atoms in total. The molecule has 0 aromatic carbocycles. The first-order chi connectivity index (χ1) is 10.1. The van der Waals surface area contributed by atoms with Gasteiger partial charge in [-0.1, -0.05) is 12.1 Å². The van der Waals surface area contributed by atoms with Crippen LogP contribution in [0.25, 0.3) is 0 Å². The van der Waals surface area contributed by atoms with Crippen LogP contribution in [0.4, 0.5) is 5.82 Å². The van der Waals surface area contributed by atoms with Crippen LogP contribution in [0.15, 0.2) is 18.5 Å². The van der Waals surface area contributed by atoms with E-state index in [-0.39, 0.29) is 18.5 Å². The van der Waals surface area contributed by atoms with Gasteiger partial charge in [-0.25, -0.2) is 9.36 Å². The van der Waals surface area contributed by atoms with Gasteiger partial charge in [0.15, 0.2) is 0 Å². The minimum atomic E-state index is -0.155. The lowest BCUT2D eigenvalue weighted by Gasteiger charge is -2.11. The molecule has 2 heterocycles. The molecule has 0 atom stereocenters. The van der Waals surface area contributed by atoms with Crippen molar-refractivity contribution < 1.29 is 4.79 Å². The first-order valence-electron chi connectivity index (χ1n) is 7.03. The molecule has 2 aromatic heterocycles. The lowest BCUT2D eigenvalue weighted by Crippen LogP contribution is -2.21. The lowest BCUT2D eigenvalue weighted by atomic mass is 10.4. The second kappa shape index (κ2) is 6.98. The van der Waals surface area contributed by atoms with Gasteiger partial charge in [-0.2, -0.15) is 5.10 Å². The molecule has 0 spiro atoms. The van der Waals surface area contributed by atoms with Gasteiger partial charge < -0.3 is 10.6 Å². The molecule has 0 aliphatic rings. The Bertz CT molecular complexity index is 587. The molecule has 8 heteroatoms. The fraction of sp³-hybridized carbons (Fsp3) is 0.538. The third-order valence-corrected chi connectivity index (χ3v) is 2.87. The van der Waals surface area contributed by atoms with Gasteiger partial charge >= 0.3 is 0 Å². The van der Waals surface area contributed by atoms with Crippen LogP contribution in [0.2, 0.25) is 0 Å². The van der Waals surface area contributed by atoms with Crippen LogP contribution in [-0.2, 0) is 17.9 Å². The first kappa shape index (κ1) is 15.2. The van der Waals surface area contributed by atoms with Crippen LogP contribution >= 0.6 is 0 Å². The second-order valence-corrected chi connectivity index (χ2v) is 4.99. The molecule has 0 aliphatic carbocycles. The monoisotopic (exact) mass is 291 g/mol. The molecule has 0 saturated carbocycles. The van der Waals surface area contributed by atoms with Crippen LogP contribution in [0.5, 0.6) is 0 Å². The normalized spacial score (nSPS) is 11.0. The molecule has 2 rings (SSSR count). The van der Waals surface area contributed by atoms with Crippen LogP contribution in [-0.4, -0.2) is 37.2 Å². The largest absolute Gasteiger partial charge is 0.311 e. The minimum Gasteiger partial charge on any atom is -0.311 e. The third kappa shape index (κ3) is 4.12. The van der Waals surface area contributed by atoms with Crippen molar-refractivity contribution in [2.45, 2.75) is 39.9 Å². The van der Waals surface area contributed by atoms with E-state index in [1.54, 1.807) is 23.1 Å². The van der Waals surface area contributed by atoms with E-state index in [0.29, 0.717) is 12.4 Å². The van der Waals surface area contributed by atoms with Crippen molar-refractivity contribution in [3.63, 3.8) is 0 Å². The average molecular weight is 291 g/mol. The predicted molar refractivity (Wildman–Crippen MR) is 78.6 cm³/mol. The number of aromatic nitrogens is 5. The van der Waals surface area contributed by atoms with Crippen molar-refractivity contribution in [2.24, 2.45) is 0 Å². The number of hydrogen-bond donors (Lipinski definition) is 2. The van der Waals surface area contributed by atoms with Crippen LogP contribution in [0.1, 0.15) is 32.5 Å². The molecule has 0 radical (unpaired) electrons. The van der Waals surface area contributed by atoms with Crippen LogP contribution < -0.4 is 10.6 Å². The van der Waals surface area contributed by atoms with Crippen molar-refractivity contribution in [1.82, 2.24) is 30.1 Å². The molecule has 0 saturated heterocycles. The summed E-state index contributed by atoms with van der Waals surface area (Å²) in [4.78, 5) is 12.0. The van der Waals surface area contributed by atoms with E-state index >= 15 is 0 Å². The van der Waals surface area contributed by atoms with Crippen LogP contribution in [0.3, 0.4) is 0 Å². The van der Waals surface area contributed by atoms with Gasteiger partial charge in [-0.15, -0.1) is 5.10 Å². The lowest BCUT2D eigenvalue weighted by molar-refractivity contribution is -0.117. The summed E-state index contributed by atoms with van der Waals surface area (Å²) < 4.78 is 3.29. The minimum absolute atomic E-state index is 0.127. The smallest absolute Gasteiger partial charge is 0.247 e. The number of nitrogens with one attached hydrogen (secondary N) is 2. The number of amides is 1. The maximum absolute atomic E-state index is 12.0. The number of nitrogens with zero attached hydrogens (tertiary/aromatic N) is 5. The third-order valence-electron chi connectivity index (χ3n) is 2.87. The van der Waals surface area contributed by atoms with E-state index in [4.69, 9.17) is 0 Å². The van der Waals surface area contributed by atoms with E-state index in [2.05, 4.69) is 26.0 Å². The molecule has 0 bridgehead atoms. The van der Waals surface area contributed by atoms with Gasteiger partial charge in [0.25, 0.3) is 0 Å². The summed E-state index contributed by atoms with van der Waals surface area (Å²) in [6.45, 7) is 7.68. The van der Waals surface area contributed by atoms with Crippen molar-refractivity contribution >= 4 is 11.7 Å². The zero-order valence-corrected chi connectivity index (χ0v) is 12.6. The van der Waals surface area contributed by atoms with E-state index in [0.717, 1.165) is 12.2 Å². The van der Waals surface area contributed by atoms with Gasteiger partial charge in [-0.3, -0.25) is 4.79 Å². The molecule has 1 amide bonds. The highest BCUT2D eigenvalue weighted by molar-refractivity contribution is 5.89. The van der Waals surface area contributed by atoms with Crippen molar-refractivity contribution in [2.75, 3.05) is 11.9 Å². The number of rotatable bonds is 7. The Kier molecular flexibility index (Phi) is 5.04. The van der Waals surface area contributed by atoms with E-state index in [9.17, 15) is 4.79 Å². The molecule has 21 heavy (non-hydrogen) atoms. The number of anilines is 1. The van der Waals surface area contributed by atoms with Crippen molar-refractivity contribution in [1.29, 1.82) is 0 Å². The fourth-order valence-electron chi connectivity index (χ4n) is 1.90. The standard InChI is InChI=1S/C13H21N7O/c1-4-14-7-11-8-19(18-17-11)9-13(21)16-12-5-6-15-20(12)10(2)3/h5-6,8,10,14H,4,7,9H2,1-3H3,(H,16,21). The summed E-state index contributed by atoms with van der Waals surface area (Å²) in [5, 5.41) is 18.1. The topological polar surface area (TPSA) is 89.7 Å². The Labute approximate surface area is 123 Å². The quantitative estimate of drug-likeness (QED) is 0.787. The number of carbonyl (C=O) groups excluding carboxylic acids is 1. The summed E-state index contributed by atoms with van der Waals surface area (Å²) >= 11 is 0. The molecule has 2 aromatic rings. The average Bonchev–Trinajstić information content (AvgIpc) is 3.05. The Morgan fingerprint density at radius 1 is 1.43 bits per heavy atom. The summed E-state index contributed by atoms with van der Waals surface area (Å²) in [5.74, 6) is 0.528. The molecular weight excluding hydrogens is 270 g/mol. The van der Waals surface area contributed by atoms with E-state index in [1.807, 2.05) is 20.8 Å². The van der Waals surface area contributed by atoms with Gasteiger partial charge in [-0.05, 0) is 20.4 Å². The van der Waals surface area contributed by atoms with Crippen LogP contribution in [0, 0.1) is 0 Å². The zero-order chi connectivity index (χ0) is 15.2. The maximum atomic E-state index is 12.0. The molecule has 0 fully saturated rings. The zero-order valence-electron chi connectivity index (χ0n) is 12.6. The second-order valence-electron chi connectivity index (χ2n) is 4.99. The van der Waals surface area contributed by atoms with Crippen molar-refractivity contribution in [3.05, 3.63) is 24.2 Å². The first-order valence-corrected chi connectivity index (χ1v) is 7.03. The van der Waals surface area contributed by atoms with E-state index < -0.39 is 0 Å². The number of hydrogen-bond acceptors (Lipinski definition) is 5. The summed E-state index contributed by atoms with van der Waals surface area (Å²) in [5.41, 5.74) is 0.817. The fourth-order valence-corrected chi connectivity index (χ4v) is 1.90.